The van der Waals surface area contributed by atoms with Crippen LogP contribution in [0.5, 0.6) is 11.5 Å². The molecule has 4 amide bonds. The van der Waals surface area contributed by atoms with Gasteiger partial charge in [0.25, 0.3) is 11.8 Å². The molecule has 0 aliphatic carbocycles. The maximum atomic E-state index is 11.8. The summed E-state index contributed by atoms with van der Waals surface area (Å²) in [7, 11) is 0. The summed E-state index contributed by atoms with van der Waals surface area (Å²) in [6.45, 7) is -0.496. The second-order valence-electron chi connectivity index (χ2n) is 6.89. The number of rotatable bonds is 11. The third-order valence-corrected chi connectivity index (χ3v) is 5.16. The first kappa shape index (κ1) is 27.1. The van der Waals surface area contributed by atoms with Crippen LogP contribution in [0.25, 0.3) is 0 Å². The smallest absolute Gasteiger partial charge is 0.276 e. The van der Waals surface area contributed by atoms with E-state index in [9.17, 15) is 19.2 Å². The minimum absolute atomic E-state index is 0.120. The molecule has 2 aromatic carbocycles. The fraction of sp³-hybridized carbons (Fsp3) is 0.273. The van der Waals surface area contributed by atoms with Gasteiger partial charge >= 0.3 is 0 Å². The van der Waals surface area contributed by atoms with E-state index in [2.05, 4.69) is 53.6 Å². The summed E-state index contributed by atoms with van der Waals surface area (Å²) in [4.78, 5) is 47.0. The zero-order valence-corrected chi connectivity index (χ0v) is 21.2. The average molecular weight is 600 g/mol. The lowest BCUT2D eigenvalue weighted by molar-refractivity contribution is -0.130. The van der Waals surface area contributed by atoms with Gasteiger partial charge in [0.1, 0.15) is 11.5 Å². The molecule has 0 aromatic heterocycles. The van der Waals surface area contributed by atoms with E-state index in [0.717, 1.165) is 8.95 Å². The van der Waals surface area contributed by atoms with E-state index in [1.807, 2.05) is 0 Å². The van der Waals surface area contributed by atoms with Crippen LogP contribution in [-0.4, -0.2) is 36.8 Å². The lowest BCUT2D eigenvalue weighted by Gasteiger charge is -2.10. The third kappa shape index (κ3) is 11.7. The molecule has 0 atom stereocenters. The lowest BCUT2D eigenvalue weighted by Crippen LogP contribution is -2.44. The summed E-state index contributed by atoms with van der Waals surface area (Å²) in [5.74, 6) is -0.745. The first-order chi connectivity index (χ1) is 16.3. The van der Waals surface area contributed by atoms with Gasteiger partial charge in [-0.25, -0.2) is 0 Å². The molecule has 0 saturated carbocycles. The van der Waals surface area contributed by atoms with Gasteiger partial charge in [-0.15, -0.1) is 0 Å². The number of benzene rings is 2. The van der Waals surface area contributed by atoms with Crippen molar-refractivity contribution in [3.8, 4) is 11.5 Å². The van der Waals surface area contributed by atoms with Crippen molar-refractivity contribution < 1.29 is 28.7 Å². The van der Waals surface area contributed by atoms with Crippen molar-refractivity contribution in [3.05, 3.63) is 57.5 Å². The van der Waals surface area contributed by atoms with Gasteiger partial charge in [0, 0.05) is 21.8 Å². The Balaban J connectivity index is 1.48. The van der Waals surface area contributed by atoms with Crippen LogP contribution in [0.15, 0.2) is 57.5 Å². The number of carbonyl (C=O) groups is 4. The highest BCUT2D eigenvalue weighted by Crippen LogP contribution is 2.16. The number of carbonyl (C=O) groups excluding carboxylic acids is 4. The van der Waals surface area contributed by atoms with Gasteiger partial charge in [-0.1, -0.05) is 31.9 Å². The van der Waals surface area contributed by atoms with Gasteiger partial charge in [0.05, 0.1) is 0 Å². The first-order valence-electron chi connectivity index (χ1n) is 10.2. The highest BCUT2D eigenvalue weighted by molar-refractivity contribution is 9.10. The molecule has 4 N–H and O–H groups in total. The molecule has 0 bridgehead atoms. The Labute approximate surface area is 213 Å². The summed E-state index contributed by atoms with van der Waals surface area (Å²) in [5, 5.41) is 0. The molecule has 0 aliphatic heterocycles. The number of hydrogen-bond acceptors (Lipinski definition) is 6. The molecule has 10 nitrogen and oxygen atoms in total. The normalized spacial score (nSPS) is 10.1. The molecule has 182 valence electrons. The molecule has 0 aliphatic rings. The van der Waals surface area contributed by atoms with Crippen LogP contribution < -0.4 is 31.2 Å². The van der Waals surface area contributed by atoms with E-state index in [4.69, 9.17) is 9.47 Å². The van der Waals surface area contributed by atoms with Gasteiger partial charge in [-0.2, -0.15) is 0 Å². The average Bonchev–Trinajstić information content (AvgIpc) is 2.83. The first-order valence-corrected chi connectivity index (χ1v) is 11.8. The Hall–Kier alpha value is -3.12. The number of amides is 4. The van der Waals surface area contributed by atoms with Crippen molar-refractivity contribution in [1.82, 2.24) is 21.7 Å². The quantitative estimate of drug-likeness (QED) is 0.232. The second-order valence-corrected chi connectivity index (χ2v) is 8.72. The highest BCUT2D eigenvalue weighted by Gasteiger charge is 2.08. The minimum Gasteiger partial charge on any atom is -0.484 e. The van der Waals surface area contributed by atoms with Gasteiger partial charge < -0.3 is 9.47 Å². The van der Waals surface area contributed by atoms with Crippen LogP contribution in [0.3, 0.4) is 0 Å². The number of halogens is 2. The van der Waals surface area contributed by atoms with Crippen molar-refractivity contribution in [1.29, 1.82) is 0 Å². The van der Waals surface area contributed by atoms with Crippen molar-refractivity contribution in [2.45, 2.75) is 25.7 Å². The van der Waals surface area contributed by atoms with Crippen molar-refractivity contribution >= 4 is 55.5 Å². The molecule has 0 radical (unpaired) electrons. The third-order valence-electron chi connectivity index (χ3n) is 4.11. The summed E-state index contributed by atoms with van der Waals surface area (Å²) in [5.41, 5.74) is 9.09. The van der Waals surface area contributed by atoms with Gasteiger partial charge in [0.15, 0.2) is 13.2 Å². The zero-order chi connectivity index (χ0) is 24.8. The standard InChI is InChI=1S/C22H24Br2N4O6/c23-15-5-9-17(10-6-15)33-13-21(31)27-25-19(29)3-1-2-4-20(30)26-28-22(32)14-34-18-11-7-16(24)8-12-18/h5-12H,1-4,13-14H2,(H,25,29)(H,26,30)(H,27,31)(H,28,32). The van der Waals surface area contributed by atoms with Crippen molar-refractivity contribution in [2.24, 2.45) is 0 Å². The number of unbranched alkanes of at least 4 members (excludes halogenated alkanes) is 1. The van der Waals surface area contributed by atoms with Gasteiger partial charge in [-0.3, -0.25) is 40.9 Å². The Morgan fingerprint density at radius 3 is 1.24 bits per heavy atom. The maximum absolute atomic E-state index is 11.8. The van der Waals surface area contributed by atoms with Crippen molar-refractivity contribution in [3.63, 3.8) is 0 Å². The predicted octanol–water partition coefficient (Wildman–Crippen LogP) is 2.52. The fourth-order valence-corrected chi connectivity index (χ4v) is 2.94. The van der Waals surface area contributed by atoms with Crippen LogP contribution in [0, 0.1) is 0 Å². The van der Waals surface area contributed by atoms with Crippen LogP contribution in [-0.2, 0) is 19.2 Å². The molecule has 0 unspecified atom stereocenters. The lowest BCUT2D eigenvalue weighted by atomic mass is 10.2. The molecule has 0 fully saturated rings. The summed E-state index contributed by atoms with van der Waals surface area (Å²) in [6, 6.07) is 13.9. The number of ether oxygens (including phenoxy) is 2. The molecule has 34 heavy (non-hydrogen) atoms. The number of hydrazine groups is 2. The molecular weight excluding hydrogens is 576 g/mol. The summed E-state index contributed by atoms with van der Waals surface area (Å²) >= 11 is 6.60. The molecular formula is C22H24Br2N4O6. The number of hydrogen-bond donors (Lipinski definition) is 4. The Morgan fingerprint density at radius 2 is 0.882 bits per heavy atom. The van der Waals surface area contributed by atoms with Gasteiger partial charge in [-0.05, 0) is 61.4 Å². The topological polar surface area (TPSA) is 135 Å². The molecule has 2 rings (SSSR count). The Kier molecular flexibility index (Phi) is 11.9. The molecule has 12 heteroatoms. The van der Waals surface area contributed by atoms with Crippen LogP contribution in [0.2, 0.25) is 0 Å². The molecule has 0 heterocycles. The number of nitrogens with one attached hydrogen (secondary N) is 4. The SMILES string of the molecule is O=C(CCCCC(=O)NNC(=O)COc1ccc(Br)cc1)NNC(=O)COc1ccc(Br)cc1. The zero-order valence-electron chi connectivity index (χ0n) is 18.1. The van der Waals surface area contributed by atoms with E-state index in [1.54, 1.807) is 48.5 Å². The van der Waals surface area contributed by atoms with E-state index in [-0.39, 0.29) is 26.1 Å². The molecule has 0 saturated heterocycles. The molecule has 0 spiro atoms. The van der Waals surface area contributed by atoms with Crippen LogP contribution in [0.4, 0.5) is 0 Å². The second kappa shape index (κ2) is 14.9. The van der Waals surface area contributed by atoms with Crippen LogP contribution in [0.1, 0.15) is 25.7 Å². The van der Waals surface area contributed by atoms with E-state index in [0.29, 0.717) is 24.3 Å². The van der Waals surface area contributed by atoms with E-state index in [1.165, 1.54) is 0 Å². The monoisotopic (exact) mass is 598 g/mol. The molecule has 2 aromatic rings. The largest absolute Gasteiger partial charge is 0.484 e. The Bertz CT molecular complexity index is 891. The summed E-state index contributed by atoms with van der Waals surface area (Å²) in [6.07, 6.45) is 1.08. The fourth-order valence-electron chi connectivity index (χ4n) is 2.41. The highest BCUT2D eigenvalue weighted by atomic mass is 79.9. The predicted molar refractivity (Wildman–Crippen MR) is 130 cm³/mol. The maximum Gasteiger partial charge on any atom is 0.276 e. The summed E-state index contributed by atoms with van der Waals surface area (Å²) < 4.78 is 12.4. The van der Waals surface area contributed by atoms with E-state index < -0.39 is 23.6 Å². The Morgan fingerprint density at radius 1 is 0.559 bits per heavy atom. The van der Waals surface area contributed by atoms with Gasteiger partial charge in [0.2, 0.25) is 11.8 Å². The van der Waals surface area contributed by atoms with E-state index >= 15 is 0 Å². The van der Waals surface area contributed by atoms with Crippen molar-refractivity contribution in [2.75, 3.05) is 13.2 Å². The van der Waals surface area contributed by atoms with Crippen LogP contribution >= 0.6 is 31.9 Å². The minimum atomic E-state index is -0.504.